The fourth-order valence-electron chi connectivity index (χ4n) is 2.70. The van der Waals surface area contributed by atoms with Crippen molar-refractivity contribution in [2.24, 2.45) is 11.8 Å². The molecule has 2 atom stereocenters. The van der Waals surface area contributed by atoms with Gasteiger partial charge in [0, 0.05) is 13.1 Å². The van der Waals surface area contributed by atoms with Crippen LogP contribution in [0.3, 0.4) is 0 Å². The Morgan fingerprint density at radius 1 is 1.24 bits per heavy atom. The van der Waals surface area contributed by atoms with Crippen molar-refractivity contribution in [1.29, 1.82) is 0 Å². The highest BCUT2D eigenvalue weighted by atomic mass is 32.2. The van der Waals surface area contributed by atoms with Gasteiger partial charge in [0.15, 0.2) is 0 Å². The Morgan fingerprint density at radius 2 is 1.90 bits per heavy atom. The molecule has 1 heterocycles. The van der Waals surface area contributed by atoms with E-state index in [0.29, 0.717) is 30.9 Å². The molecule has 7 heteroatoms. The molecule has 0 radical (unpaired) electrons. The van der Waals surface area contributed by atoms with Gasteiger partial charge in [0.1, 0.15) is 4.90 Å². The molecule has 1 aromatic heterocycles. The van der Waals surface area contributed by atoms with Gasteiger partial charge >= 0.3 is 0 Å². The molecule has 2 rings (SSSR count). The standard InChI is InChI=1S/C14H24N4O2S/c1-3-15-14-16-9-13(10-17-14)21(19,20)18-8-12-7-5-4-6-11(12)2/h9-12,18H,3-8H2,1-2H3,(H,15,16,17). The average Bonchev–Trinajstić information content (AvgIpc) is 2.47. The summed E-state index contributed by atoms with van der Waals surface area (Å²) in [5.74, 6) is 1.45. The summed E-state index contributed by atoms with van der Waals surface area (Å²) in [6.07, 6.45) is 7.42. The van der Waals surface area contributed by atoms with Crippen LogP contribution < -0.4 is 10.0 Å². The van der Waals surface area contributed by atoms with Gasteiger partial charge in [-0.3, -0.25) is 0 Å². The molecule has 0 saturated heterocycles. The molecule has 1 saturated carbocycles. The second kappa shape index (κ2) is 7.17. The Kier molecular flexibility index (Phi) is 5.52. The number of hydrogen-bond donors (Lipinski definition) is 2. The first-order valence-electron chi connectivity index (χ1n) is 7.58. The molecule has 1 aromatic rings. The van der Waals surface area contributed by atoms with Gasteiger partial charge in [-0.1, -0.05) is 26.2 Å². The van der Waals surface area contributed by atoms with Gasteiger partial charge in [-0.15, -0.1) is 0 Å². The van der Waals surface area contributed by atoms with Crippen LogP contribution in [0, 0.1) is 11.8 Å². The van der Waals surface area contributed by atoms with Gasteiger partial charge in [-0.05, 0) is 25.2 Å². The van der Waals surface area contributed by atoms with E-state index in [2.05, 4.69) is 26.9 Å². The third-order valence-electron chi connectivity index (χ3n) is 4.10. The summed E-state index contributed by atoms with van der Waals surface area (Å²) < 4.78 is 27.2. The highest BCUT2D eigenvalue weighted by molar-refractivity contribution is 7.89. The van der Waals surface area contributed by atoms with E-state index in [1.165, 1.54) is 31.7 Å². The van der Waals surface area contributed by atoms with Crippen molar-refractivity contribution in [2.75, 3.05) is 18.4 Å². The van der Waals surface area contributed by atoms with Crippen LogP contribution in [0.5, 0.6) is 0 Å². The number of nitrogens with one attached hydrogen (secondary N) is 2. The summed E-state index contributed by atoms with van der Waals surface area (Å²) in [4.78, 5) is 8.12. The lowest BCUT2D eigenvalue weighted by atomic mass is 9.81. The van der Waals surface area contributed by atoms with E-state index in [4.69, 9.17) is 0 Å². The zero-order valence-electron chi connectivity index (χ0n) is 12.7. The molecule has 6 nitrogen and oxygen atoms in total. The molecule has 118 valence electrons. The average molecular weight is 312 g/mol. The SMILES string of the molecule is CCNc1ncc(S(=O)(=O)NCC2CCCCC2C)cn1. The molecule has 0 amide bonds. The molecule has 1 aliphatic rings. The minimum Gasteiger partial charge on any atom is -0.355 e. The number of aromatic nitrogens is 2. The third-order valence-corrected chi connectivity index (χ3v) is 5.48. The first-order chi connectivity index (χ1) is 10.0. The predicted octanol–water partition coefficient (Wildman–Crippen LogP) is 2.01. The summed E-state index contributed by atoms with van der Waals surface area (Å²) in [7, 11) is -3.52. The van der Waals surface area contributed by atoms with Crippen LogP contribution in [0.25, 0.3) is 0 Å². The summed E-state index contributed by atoms with van der Waals surface area (Å²) in [6.45, 7) is 5.33. The van der Waals surface area contributed by atoms with Crippen LogP contribution in [-0.2, 0) is 10.0 Å². The maximum absolute atomic E-state index is 12.2. The molecule has 2 unspecified atom stereocenters. The van der Waals surface area contributed by atoms with Crippen LogP contribution in [0.2, 0.25) is 0 Å². The lowest BCUT2D eigenvalue weighted by Gasteiger charge is -2.28. The number of sulfonamides is 1. The fourth-order valence-corrected chi connectivity index (χ4v) is 3.68. The minimum atomic E-state index is -3.52. The maximum atomic E-state index is 12.2. The zero-order valence-corrected chi connectivity index (χ0v) is 13.5. The molecule has 0 aromatic carbocycles. The first-order valence-corrected chi connectivity index (χ1v) is 9.07. The summed E-state index contributed by atoms with van der Waals surface area (Å²) in [6, 6.07) is 0. The molecule has 21 heavy (non-hydrogen) atoms. The number of hydrogen-bond acceptors (Lipinski definition) is 5. The Labute approximate surface area is 126 Å². The van der Waals surface area contributed by atoms with E-state index in [1.807, 2.05) is 6.92 Å². The maximum Gasteiger partial charge on any atom is 0.243 e. The van der Waals surface area contributed by atoms with Crippen molar-refractivity contribution in [2.45, 2.75) is 44.4 Å². The van der Waals surface area contributed by atoms with Gasteiger partial charge in [0.25, 0.3) is 0 Å². The van der Waals surface area contributed by atoms with Gasteiger partial charge in [0.2, 0.25) is 16.0 Å². The second-order valence-corrected chi connectivity index (χ2v) is 7.41. The lowest BCUT2D eigenvalue weighted by Crippen LogP contribution is -2.33. The van der Waals surface area contributed by atoms with E-state index in [1.54, 1.807) is 0 Å². The van der Waals surface area contributed by atoms with Crippen molar-refractivity contribution in [3.8, 4) is 0 Å². The van der Waals surface area contributed by atoms with E-state index in [-0.39, 0.29) is 4.90 Å². The Bertz CT molecular complexity index is 545. The third kappa shape index (κ3) is 4.38. The molecule has 0 spiro atoms. The van der Waals surface area contributed by atoms with Crippen LogP contribution >= 0.6 is 0 Å². The first kappa shape index (κ1) is 16.2. The van der Waals surface area contributed by atoms with Crippen LogP contribution in [0.15, 0.2) is 17.3 Å². The highest BCUT2D eigenvalue weighted by Crippen LogP contribution is 2.29. The summed E-state index contributed by atoms with van der Waals surface area (Å²) in [5, 5.41) is 2.94. The summed E-state index contributed by atoms with van der Waals surface area (Å²) >= 11 is 0. The quantitative estimate of drug-likeness (QED) is 0.839. The number of anilines is 1. The van der Waals surface area contributed by atoms with Crippen molar-refractivity contribution in [1.82, 2.24) is 14.7 Å². The lowest BCUT2D eigenvalue weighted by molar-refractivity contribution is 0.257. The fraction of sp³-hybridized carbons (Fsp3) is 0.714. The number of nitrogens with zero attached hydrogens (tertiary/aromatic N) is 2. The second-order valence-electron chi connectivity index (χ2n) is 5.65. The zero-order chi connectivity index (χ0) is 15.3. The van der Waals surface area contributed by atoms with Crippen molar-refractivity contribution < 1.29 is 8.42 Å². The molecular weight excluding hydrogens is 288 g/mol. The topological polar surface area (TPSA) is 84.0 Å². The molecule has 0 bridgehead atoms. The monoisotopic (exact) mass is 312 g/mol. The smallest absolute Gasteiger partial charge is 0.243 e. The minimum absolute atomic E-state index is 0.118. The van der Waals surface area contributed by atoms with E-state index >= 15 is 0 Å². The van der Waals surface area contributed by atoms with E-state index < -0.39 is 10.0 Å². The van der Waals surface area contributed by atoms with Crippen molar-refractivity contribution in [3.63, 3.8) is 0 Å². The van der Waals surface area contributed by atoms with Crippen molar-refractivity contribution in [3.05, 3.63) is 12.4 Å². The van der Waals surface area contributed by atoms with Gasteiger partial charge in [-0.2, -0.15) is 0 Å². The van der Waals surface area contributed by atoms with Crippen LogP contribution in [-0.4, -0.2) is 31.5 Å². The Balaban J connectivity index is 1.97. The Morgan fingerprint density at radius 3 is 2.52 bits per heavy atom. The van der Waals surface area contributed by atoms with Crippen LogP contribution in [0.4, 0.5) is 5.95 Å². The molecule has 1 aliphatic carbocycles. The molecular formula is C14H24N4O2S. The summed E-state index contributed by atoms with van der Waals surface area (Å²) in [5.41, 5.74) is 0. The molecule has 1 fully saturated rings. The van der Waals surface area contributed by atoms with Gasteiger partial charge < -0.3 is 5.32 Å². The normalized spacial score (nSPS) is 23.0. The highest BCUT2D eigenvalue weighted by Gasteiger charge is 2.24. The largest absolute Gasteiger partial charge is 0.355 e. The van der Waals surface area contributed by atoms with E-state index in [9.17, 15) is 8.42 Å². The van der Waals surface area contributed by atoms with Crippen molar-refractivity contribution >= 4 is 16.0 Å². The van der Waals surface area contributed by atoms with Crippen LogP contribution in [0.1, 0.15) is 39.5 Å². The molecule has 0 aliphatic heterocycles. The van der Waals surface area contributed by atoms with Gasteiger partial charge in [-0.25, -0.2) is 23.1 Å². The van der Waals surface area contributed by atoms with E-state index in [0.717, 1.165) is 6.42 Å². The Hall–Kier alpha value is -1.21. The molecule has 2 N–H and O–H groups in total. The number of rotatable bonds is 6. The van der Waals surface area contributed by atoms with Gasteiger partial charge in [0.05, 0.1) is 12.4 Å². The predicted molar refractivity (Wildman–Crippen MR) is 82.5 cm³/mol.